The Balaban J connectivity index is 1.64. The van der Waals surface area contributed by atoms with Crippen molar-refractivity contribution in [3.63, 3.8) is 0 Å². The normalized spacial score (nSPS) is 22.5. The van der Waals surface area contributed by atoms with Gasteiger partial charge in [-0.05, 0) is 49.4 Å². The predicted molar refractivity (Wildman–Crippen MR) is 94.6 cm³/mol. The second-order valence-corrected chi connectivity index (χ2v) is 7.33. The van der Waals surface area contributed by atoms with Crippen LogP contribution in [0.5, 0.6) is 0 Å². The SMILES string of the molecule is CC(C)C1CCSC(Nc2ccc(N3CCCC3)cc2)=N1. The molecule has 2 aliphatic rings. The Hall–Kier alpha value is -1.16. The van der Waals surface area contributed by atoms with Gasteiger partial charge in [-0.15, -0.1) is 0 Å². The van der Waals surface area contributed by atoms with E-state index in [0.29, 0.717) is 12.0 Å². The smallest absolute Gasteiger partial charge is 0.161 e. The number of amidine groups is 1. The number of aliphatic imine (C=N–C) groups is 1. The van der Waals surface area contributed by atoms with Crippen LogP contribution < -0.4 is 10.2 Å². The van der Waals surface area contributed by atoms with Crippen LogP contribution >= 0.6 is 11.8 Å². The maximum Gasteiger partial charge on any atom is 0.161 e. The largest absolute Gasteiger partial charge is 0.372 e. The molecule has 1 atom stereocenters. The Kier molecular flexibility index (Phi) is 4.73. The van der Waals surface area contributed by atoms with Crippen LogP contribution in [-0.4, -0.2) is 30.1 Å². The van der Waals surface area contributed by atoms with Crippen LogP contribution in [0.2, 0.25) is 0 Å². The second kappa shape index (κ2) is 6.73. The zero-order valence-corrected chi connectivity index (χ0v) is 13.8. The first-order chi connectivity index (χ1) is 10.2. The van der Waals surface area contributed by atoms with Gasteiger partial charge >= 0.3 is 0 Å². The number of anilines is 2. The van der Waals surface area contributed by atoms with Crippen molar-refractivity contribution in [3.8, 4) is 0 Å². The monoisotopic (exact) mass is 303 g/mol. The summed E-state index contributed by atoms with van der Waals surface area (Å²) in [7, 11) is 0. The molecule has 1 aromatic carbocycles. The van der Waals surface area contributed by atoms with Gasteiger partial charge in [-0.2, -0.15) is 0 Å². The van der Waals surface area contributed by atoms with Gasteiger partial charge in [0.1, 0.15) is 0 Å². The minimum atomic E-state index is 0.470. The Morgan fingerprint density at radius 2 is 1.90 bits per heavy atom. The zero-order chi connectivity index (χ0) is 14.7. The number of hydrogen-bond donors (Lipinski definition) is 1. The topological polar surface area (TPSA) is 27.6 Å². The minimum Gasteiger partial charge on any atom is -0.372 e. The molecule has 1 fully saturated rings. The van der Waals surface area contributed by atoms with Crippen LogP contribution in [-0.2, 0) is 0 Å². The first kappa shape index (κ1) is 14.8. The lowest BCUT2D eigenvalue weighted by atomic mass is 10.0. The Labute approximate surface area is 132 Å². The van der Waals surface area contributed by atoms with Crippen molar-refractivity contribution in [1.29, 1.82) is 0 Å². The van der Waals surface area contributed by atoms with E-state index in [1.807, 2.05) is 11.8 Å². The summed E-state index contributed by atoms with van der Waals surface area (Å²) in [6.07, 6.45) is 3.84. The summed E-state index contributed by atoms with van der Waals surface area (Å²) in [6.45, 7) is 6.91. The average molecular weight is 303 g/mol. The van der Waals surface area contributed by atoms with Gasteiger partial charge < -0.3 is 10.2 Å². The third-order valence-corrected chi connectivity index (χ3v) is 5.22. The van der Waals surface area contributed by atoms with Gasteiger partial charge in [0, 0.05) is 30.2 Å². The molecule has 1 unspecified atom stereocenters. The molecule has 0 bridgehead atoms. The van der Waals surface area contributed by atoms with Gasteiger partial charge in [0.25, 0.3) is 0 Å². The molecule has 21 heavy (non-hydrogen) atoms. The molecule has 1 saturated heterocycles. The highest BCUT2D eigenvalue weighted by Gasteiger charge is 2.18. The van der Waals surface area contributed by atoms with E-state index >= 15 is 0 Å². The molecule has 3 rings (SSSR count). The van der Waals surface area contributed by atoms with E-state index in [1.165, 1.54) is 43.8 Å². The molecule has 1 N–H and O–H groups in total. The molecular weight excluding hydrogens is 278 g/mol. The highest BCUT2D eigenvalue weighted by Crippen LogP contribution is 2.25. The van der Waals surface area contributed by atoms with Gasteiger partial charge in [0.05, 0.1) is 6.04 Å². The lowest BCUT2D eigenvalue weighted by Crippen LogP contribution is -2.24. The molecule has 0 amide bonds. The highest BCUT2D eigenvalue weighted by molar-refractivity contribution is 8.14. The third-order valence-electron chi connectivity index (χ3n) is 4.29. The quantitative estimate of drug-likeness (QED) is 0.906. The molecule has 0 aromatic heterocycles. The van der Waals surface area contributed by atoms with Crippen molar-refractivity contribution in [2.45, 2.75) is 39.2 Å². The summed E-state index contributed by atoms with van der Waals surface area (Å²) >= 11 is 1.84. The van der Waals surface area contributed by atoms with Gasteiger partial charge in [-0.1, -0.05) is 25.6 Å². The van der Waals surface area contributed by atoms with Crippen molar-refractivity contribution >= 4 is 28.3 Å². The fraction of sp³-hybridized carbons (Fsp3) is 0.588. The minimum absolute atomic E-state index is 0.470. The van der Waals surface area contributed by atoms with Crippen LogP contribution in [0.15, 0.2) is 29.3 Å². The first-order valence-electron chi connectivity index (χ1n) is 8.05. The maximum absolute atomic E-state index is 4.83. The van der Waals surface area contributed by atoms with Crippen molar-refractivity contribution in [3.05, 3.63) is 24.3 Å². The van der Waals surface area contributed by atoms with Crippen molar-refractivity contribution < 1.29 is 0 Å². The van der Waals surface area contributed by atoms with Crippen LogP contribution in [0, 0.1) is 5.92 Å². The molecule has 0 aliphatic carbocycles. The standard InChI is InChI=1S/C17H25N3S/c1-13(2)16-9-12-21-17(19-16)18-14-5-7-15(8-6-14)20-10-3-4-11-20/h5-8,13,16H,3-4,9-12H2,1-2H3,(H,18,19). The maximum atomic E-state index is 4.83. The molecule has 4 heteroatoms. The zero-order valence-electron chi connectivity index (χ0n) is 13.0. The van der Waals surface area contributed by atoms with E-state index in [9.17, 15) is 0 Å². The number of hydrogen-bond acceptors (Lipinski definition) is 4. The lowest BCUT2D eigenvalue weighted by molar-refractivity contribution is 0.485. The summed E-state index contributed by atoms with van der Waals surface area (Å²) in [5.74, 6) is 1.79. The fourth-order valence-electron chi connectivity index (χ4n) is 2.93. The van der Waals surface area contributed by atoms with Crippen LogP contribution in [0.3, 0.4) is 0 Å². The molecule has 2 heterocycles. The number of nitrogens with zero attached hydrogens (tertiary/aromatic N) is 2. The van der Waals surface area contributed by atoms with E-state index in [2.05, 4.69) is 48.3 Å². The van der Waals surface area contributed by atoms with Crippen LogP contribution in [0.1, 0.15) is 33.1 Å². The highest BCUT2D eigenvalue weighted by atomic mass is 32.2. The molecule has 114 valence electrons. The number of thioether (sulfide) groups is 1. The molecule has 2 aliphatic heterocycles. The number of rotatable bonds is 3. The fourth-order valence-corrected chi connectivity index (χ4v) is 3.89. The van der Waals surface area contributed by atoms with Gasteiger partial charge in [0.15, 0.2) is 5.17 Å². The Bertz CT molecular complexity index is 489. The Morgan fingerprint density at radius 1 is 1.19 bits per heavy atom. The molecule has 0 saturated carbocycles. The predicted octanol–water partition coefficient (Wildman–Crippen LogP) is 4.22. The van der Waals surface area contributed by atoms with Gasteiger partial charge in [0.2, 0.25) is 0 Å². The van der Waals surface area contributed by atoms with Crippen molar-refractivity contribution in [1.82, 2.24) is 0 Å². The summed E-state index contributed by atoms with van der Waals surface area (Å²) in [5.41, 5.74) is 2.49. The van der Waals surface area contributed by atoms with Crippen LogP contribution in [0.4, 0.5) is 11.4 Å². The summed E-state index contributed by atoms with van der Waals surface area (Å²) < 4.78 is 0. The van der Waals surface area contributed by atoms with Gasteiger partial charge in [-0.3, -0.25) is 4.99 Å². The molecule has 0 spiro atoms. The number of benzene rings is 1. The molecule has 3 nitrogen and oxygen atoms in total. The lowest BCUT2D eigenvalue weighted by Gasteiger charge is -2.23. The van der Waals surface area contributed by atoms with E-state index in [1.54, 1.807) is 0 Å². The third kappa shape index (κ3) is 3.73. The van der Waals surface area contributed by atoms with Crippen molar-refractivity contribution in [2.75, 3.05) is 29.1 Å². The van der Waals surface area contributed by atoms with E-state index in [4.69, 9.17) is 4.99 Å². The van der Waals surface area contributed by atoms with E-state index in [0.717, 1.165) is 10.9 Å². The first-order valence-corrected chi connectivity index (χ1v) is 9.03. The van der Waals surface area contributed by atoms with Crippen molar-refractivity contribution in [2.24, 2.45) is 10.9 Å². The average Bonchev–Trinajstić information content (AvgIpc) is 3.02. The second-order valence-electron chi connectivity index (χ2n) is 6.25. The molecule has 1 aromatic rings. The van der Waals surface area contributed by atoms with Gasteiger partial charge in [-0.25, -0.2) is 0 Å². The van der Waals surface area contributed by atoms with E-state index < -0.39 is 0 Å². The summed E-state index contributed by atoms with van der Waals surface area (Å²) in [5, 5.41) is 4.56. The number of nitrogens with one attached hydrogen (secondary N) is 1. The molecular formula is C17H25N3S. The van der Waals surface area contributed by atoms with Crippen LogP contribution in [0.25, 0.3) is 0 Å². The summed E-state index contributed by atoms with van der Waals surface area (Å²) in [6, 6.07) is 9.27. The molecule has 0 radical (unpaired) electrons. The van der Waals surface area contributed by atoms with E-state index in [-0.39, 0.29) is 0 Å². The Morgan fingerprint density at radius 3 is 2.57 bits per heavy atom. The summed E-state index contributed by atoms with van der Waals surface area (Å²) in [4.78, 5) is 7.30.